The molecule has 24 heavy (non-hydrogen) atoms. The molecule has 0 saturated heterocycles. The average molecular weight is 324 g/mol. The predicted molar refractivity (Wildman–Crippen MR) is 95.3 cm³/mol. The summed E-state index contributed by atoms with van der Waals surface area (Å²) in [5.41, 5.74) is 4.84. The molecule has 0 radical (unpaired) electrons. The van der Waals surface area contributed by atoms with Gasteiger partial charge in [-0.15, -0.1) is 0 Å². The number of benzene rings is 2. The summed E-state index contributed by atoms with van der Waals surface area (Å²) in [6.45, 7) is -0.134. The van der Waals surface area contributed by atoms with Crippen molar-refractivity contribution in [2.45, 2.75) is 0 Å². The Morgan fingerprint density at radius 2 is 1.71 bits per heavy atom. The number of carbonyl (C=O) groups excluding carboxylic acids is 2. The largest absolute Gasteiger partial charge is 0.378 e. The van der Waals surface area contributed by atoms with E-state index in [1.165, 1.54) is 0 Å². The number of hydrazone groups is 1. The van der Waals surface area contributed by atoms with E-state index in [4.69, 9.17) is 0 Å². The first kappa shape index (κ1) is 17.2. The minimum Gasteiger partial charge on any atom is -0.378 e. The normalized spacial score (nSPS) is 10.4. The number of nitrogens with one attached hydrogen (secondary N) is 2. The van der Waals surface area contributed by atoms with Gasteiger partial charge >= 0.3 is 0 Å². The maximum Gasteiger partial charge on any atom is 0.259 e. The Kier molecular flexibility index (Phi) is 6.08. The van der Waals surface area contributed by atoms with Crippen molar-refractivity contribution in [2.75, 3.05) is 25.5 Å². The Labute approximate surface area is 141 Å². The average Bonchev–Trinajstić information content (AvgIpc) is 2.61. The summed E-state index contributed by atoms with van der Waals surface area (Å²) >= 11 is 0. The van der Waals surface area contributed by atoms with Crippen molar-refractivity contribution >= 4 is 23.7 Å². The van der Waals surface area contributed by atoms with Gasteiger partial charge in [0.15, 0.2) is 0 Å². The van der Waals surface area contributed by atoms with Gasteiger partial charge in [-0.05, 0) is 29.8 Å². The third-order valence-electron chi connectivity index (χ3n) is 3.26. The van der Waals surface area contributed by atoms with Gasteiger partial charge in [-0.1, -0.05) is 30.3 Å². The van der Waals surface area contributed by atoms with E-state index < -0.39 is 0 Å². The molecule has 0 fully saturated rings. The van der Waals surface area contributed by atoms with Crippen LogP contribution in [-0.2, 0) is 4.79 Å². The number of hydrogen-bond acceptors (Lipinski definition) is 4. The summed E-state index contributed by atoms with van der Waals surface area (Å²) in [5.74, 6) is -0.686. The number of rotatable bonds is 6. The van der Waals surface area contributed by atoms with E-state index in [0.717, 1.165) is 11.3 Å². The molecule has 2 N–H and O–H groups in total. The van der Waals surface area contributed by atoms with Crippen LogP contribution in [0.1, 0.15) is 15.9 Å². The third-order valence-corrected chi connectivity index (χ3v) is 3.26. The van der Waals surface area contributed by atoms with Crippen molar-refractivity contribution in [3.05, 3.63) is 65.7 Å². The zero-order valence-corrected chi connectivity index (χ0v) is 13.7. The summed E-state index contributed by atoms with van der Waals surface area (Å²) < 4.78 is 0. The van der Waals surface area contributed by atoms with Crippen molar-refractivity contribution in [3.8, 4) is 0 Å². The van der Waals surface area contributed by atoms with Gasteiger partial charge in [-0.2, -0.15) is 5.10 Å². The van der Waals surface area contributed by atoms with Gasteiger partial charge in [0.05, 0.1) is 12.8 Å². The Morgan fingerprint density at radius 3 is 2.33 bits per heavy atom. The van der Waals surface area contributed by atoms with Gasteiger partial charge in [0.1, 0.15) is 0 Å². The molecule has 0 saturated carbocycles. The highest BCUT2D eigenvalue weighted by Crippen LogP contribution is 2.10. The predicted octanol–water partition coefficient (Wildman–Crippen LogP) is 1.63. The lowest BCUT2D eigenvalue weighted by Gasteiger charge is -2.11. The van der Waals surface area contributed by atoms with Crippen molar-refractivity contribution < 1.29 is 9.59 Å². The van der Waals surface area contributed by atoms with E-state index in [-0.39, 0.29) is 18.4 Å². The first-order valence-corrected chi connectivity index (χ1v) is 7.49. The molecule has 2 aromatic rings. The van der Waals surface area contributed by atoms with Crippen LogP contribution in [-0.4, -0.2) is 38.7 Å². The Balaban J connectivity index is 1.77. The Morgan fingerprint density at radius 1 is 1.04 bits per heavy atom. The number of anilines is 1. The fourth-order valence-corrected chi connectivity index (χ4v) is 1.93. The molecule has 0 bridgehead atoms. The summed E-state index contributed by atoms with van der Waals surface area (Å²) in [5, 5.41) is 6.41. The summed E-state index contributed by atoms with van der Waals surface area (Å²) in [4.78, 5) is 25.5. The van der Waals surface area contributed by atoms with Gasteiger partial charge < -0.3 is 10.2 Å². The minimum absolute atomic E-state index is 0.134. The molecule has 0 aliphatic heterocycles. The van der Waals surface area contributed by atoms with Crippen LogP contribution in [0, 0.1) is 0 Å². The first-order chi connectivity index (χ1) is 11.6. The third kappa shape index (κ3) is 5.24. The molecule has 2 rings (SSSR count). The van der Waals surface area contributed by atoms with Crippen LogP contribution in [0.2, 0.25) is 0 Å². The van der Waals surface area contributed by atoms with Crippen LogP contribution in [0.5, 0.6) is 0 Å². The Hall–Kier alpha value is -3.15. The molecule has 0 aliphatic carbocycles. The number of hydrogen-bond donors (Lipinski definition) is 2. The molecule has 0 aliphatic rings. The van der Waals surface area contributed by atoms with Gasteiger partial charge in [-0.25, -0.2) is 5.43 Å². The summed E-state index contributed by atoms with van der Waals surface area (Å²) in [7, 11) is 3.93. The number of amides is 2. The fourth-order valence-electron chi connectivity index (χ4n) is 1.93. The maximum absolute atomic E-state index is 11.8. The van der Waals surface area contributed by atoms with Gasteiger partial charge in [0.2, 0.25) is 0 Å². The molecule has 0 atom stereocenters. The van der Waals surface area contributed by atoms with Crippen LogP contribution >= 0.6 is 0 Å². The smallest absolute Gasteiger partial charge is 0.259 e. The lowest BCUT2D eigenvalue weighted by Crippen LogP contribution is -2.34. The Bertz CT molecular complexity index is 710. The highest BCUT2D eigenvalue weighted by atomic mass is 16.2. The molecule has 2 amide bonds. The van der Waals surface area contributed by atoms with E-state index in [1.54, 1.807) is 30.5 Å². The molecular weight excluding hydrogens is 304 g/mol. The second kappa shape index (κ2) is 8.47. The minimum atomic E-state index is -0.388. The zero-order valence-electron chi connectivity index (χ0n) is 13.7. The standard InChI is InChI=1S/C18H20N4O2/c1-22(2)16-10-8-14(9-11-16)12-20-21-17(23)13-19-18(24)15-6-4-3-5-7-15/h3-12H,13H2,1-2H3,(H,19,24)(H,21,23). The van der Waals surface area contributed by atoms with Gasteiger partial charge in [0, 0.05) is 25.3 Å². The van der Waals surface area contributed by atoms with E-state index in [2.05, 4.69) is 15.8 Å². The molecule has 0 spiro atoms. The quantitative estimate of drug-likeness (QED) is 0.626. The van der Waals surface area contributed by atoms with Crippen LogP contribution < -0.4 is 15.6 Å². The van der Waals surface area contributed by atoms with Crippen molar-refractivity contribution in [1.82, 2.24) is 10.7 Å². The summed E-state index contributed by atoms with van der Waals surface area (Å²) in [6, 6.07) is 16.5. The second-order valence-electron chi connectivity index (χ2n) is 5.33. The van der Waals surface area contributed by atoms with E-state index >= 15 is 0 Å². The molecule has 6 nitrogen and oxygen atoms in total. The SMILES string of the molecule is CN(C)c1ccc(C=NNC(=O)CNC(=O)c2ccccc2)cc1. The van der Waals surface area contributed by atoms with Crippen LogP contribution in [0.3, 0.4) is 0 Å². The highest BCUT2D eigenvalue weighted by molar-refractivity contribution is 5.96. The van der Waals surface area contributed by atoms with Crippen molar-refractivity contribution in [1.29, 1.82) is 0 Å². The zero-order chi connectivity index (χ0) is 17.4. The van der Waals surface area contributed by atoms with E-state index in [9.17, 15) is 9.59 Å². The van der Waals surface area contributed by atoms with Crippen LogP contribution in [0.4, 0.5) is 5.69 Å². The van der Waals surface area contributed by atoms with Crippen molar-refractivity contribution in [3.63, 3.8) is 0 Å². The van der Waals surface area contributed by atoms with Crippen LogP contribution in [0.25, 0.3) is 0 Å². The molecule has 6 heteroatoms. The van der Waals surface area contributed by atoms with Gasteiger partial charge in [-0.3, -0.25) is 9.59 Å². The van der Waals surface area contributed by atoms with Crippen LogP contribution in [0.15, 0.2) is 59.7 Å². The maximum atomic E-state index is 11.8. The molecule has 0 unspecified atom stereocenters. The molecule has 2 aromatic carbocycles. The second-order valence-corrected chi connectivity index (χ2v) is 5.33. The molecular formula is C18H20N4O2. The monoisotopic (exact) mass is 324 g/mol. The molecule has 0 aromatic heterocycles. The highest BCUT2D eigenvalue weighted by Gasteiger charge is 2.06. The lowest BCUT2D eigenvalue weighted by molar-refractivity contribution is -0.120. The first-order valence-electron chi connectivity index (χ1n) is 7.49. The van der Waals surface area contributed by atoms with Gasteiger partial charge in [0.25, 0.3) is 11.8 Å². The van der Waals surface area contributed by atoms with Crippen molar-refractivity contribution in [2.24, 2.45) is 5.10 Å². The molecule has 124 valence electrons. The topological polar surface area (TPSA) is 73.8 Å². The summed E-state index contributed by atoms with van der Waals surface area (Å²) in [6.07, 6.45) is 1.55. The number of nitrogens with zero attached hydrogens (tertiary/aromatic N) is 2. The lowest BCUT2D eigenvalue weighted by atomic mass is 10.2. The molecule has 0 heterocycles. The van der Waals surface area contributed by atoms with E-state index in [1.807, 2.05) is 49.3 Å². The van der Waals surface area contributed by atoms with E-state index in [0.29, 0.717) is 5.56 Å². The number of carbonyl (C=O) groups is 2. The fraction of sp³-hybridized carbons (Fsp3) is 0.167.